The first-order chi connectivity index (χ1) is 8.58. The summed E-state index contributed by atoms with van der Waals surface area (Å²) in [4.78, 5) is 15.6. The van der Waals surface area contributed by atoms with E-state index in [2.05, 4.69) is 32.9 Å². The highest BCUT2D eigenvalue weighted by atomic mass is 127. The molecule has 0 atom stereocenters. The molecule has 3 nitrogen and oxygen atoms in total. The van der Waals surface area contributed by atoms with Crippen molar-refractivity contribution >= 4 is 34.3 Å². The lowest BCUT2D eigenvalue weighted by Gasteiger charge is -2.06. The number of hydrogen-bond donors (Lipinski definition) is 1. The normalized spacial score (nSPS) is 10.2. The van der Waals surface area contributed by atoms with Crippen LogP contribution in [0.5, 0.6) is 0 Å². The monoisotopic (exact) mass is 360 g/mol. The van der Waals surface area contributed by atoms with Crippen molar-refractivity contribution in [2.24, 2.45) is 0 Å². The third-order valence-corrected chi connectivity index (χ3v) is 2.80. The Kier molecular flexibility index (Phi) is 3.85. The molecule has 0 aliphatic heterocycles. The molecule has 0 spiro atoms. The molecule has 1 amide bonds. The summed E-state index contributed by atoms with van der Waals surface area (Å²) in [7, 11) is 0. The number of hydrogen-bond acceptors (Lipinski definition) is 2. The van der Waals surface area contributed by atoms with E-state index in [1.807, 2.05) is 0 Å². The van der Waals surface area contributed by atoms with Crippen LogP contribution in [0.25, 0.3) is 0 Å². The Balaban J connectivity index is 2.25. The molecule has 6 heteroatoms. The minimum Gasteiger partial charge on any atom is -0.306 e. The van der Waals surface area contributed by atoms with E-state index in [4.69, 9.17) is 0 Å². The first-order valence-electron chi connectivity index (χ1n) is 4.95. The molecule has 1 aromatic heterocycles. The largest absolute Gasteiger partial charge is 0.306 e. The minimum absolute atomic E-state index is 0.239. The lowest BCUT2D eigenvalue weighted by Crippen LogP contribution is -2.16. The summed E-state index contributed by atoms with van der Waals surface area (Å²) in [5.41, 5.74) is -0.613. The maximum atomic E-state index is 13.3. The molecule has 1 aromatic carbocycles. The molecule has 2 aromatic rings. The summed E-state index contributed by atoms with van der Waals surface area (Å²) in [5.74, 6) is -2.43. The van der Waals surface area contributed by atoms with Crippen LogP contribution in [0.15, 0.2) is 36.5 Å². The van der Waals surface area contributed by atoms with E-state index in [1.54, 1.807) is 12.1 Å². The van der Waals surface area contributed by atoms with Gasteiger partial charge in [0.2, 0.25) is 0 Å². The average Bonchev–Trinajstić information content (AvgIpc) is 2.32. The Hall–Kier alpha value is -1.57. The summed E-state index contributed by atoms with van der Waals surface area (Å²) in [6, 6.07) is 6.53. The van der Waals surface area contributed by atoms with Gasteiger partial charge in [0.15, 0.2) is 0 Å². The topological polar surface area (TPSA) is 42.0 Å². The van der Waals surface area contributed by atoms with E-state index in [-0.39, 0.29) is 5.82 Å². The van der Waals surface area contributed by atoms with Crippen molar-refractivity contribution in [1.82, 2.24) is 4.98 Å². The summed E-state index contributed by atoms with van der Waals surface area (Å²) >= 11 is 2.06. The van der Waals surface area contributed by atoms with Crippen molar-refractivity contribution in [3.05, 3.63) is 57.3 Å². The van der Waals surface area contributed by atoms with E-state index in [0.717, 1.165) is 15.7 Å². The maximum absolute atomic E-state index is 13.3. The van der Waals surface area contributed by atoms with Gasteiger partial charge in [-0.2, -0.15) is 0 Å². The Morgan fingerprint density at radius 3 is 2.39 bits per heavy atom. The molecule has 2 rings (SSSR count). The fourth-order valence-corrected chi connectivity index (χ4v) is 1.66. The van der Waals surface area contributed by atoms with Gasteiger partial charge in [0.1, 0.15) is 23.0 Å². The van der Waals surface area contributed by atoms with Crippen molar-refractivity contribution < 1.29 is 13.6 Å². The predicted octanol–water partition coefficient (Wildman–Crippen LogP) is 3.22. The van der Waals surface area contributed by atoms with E-state index < -0.39 is 23.1 Å². The van der Waals surface area contributed by atoms with E-state index in [1.165, 1.54) is 12.3 Å². The SMILES string of the molecule is O=C(Nc1ccc(I)cn1)c1c(F)cccc1F. The minimum atomic E-state index is -0.905. The number of benzene rings is 1. The van der Waals surface area contributed by atoms with Crippen molar-refractivity contribution in [3.8, 4) is 0 Å². The molecule has 1 N–H and O–H groups in total. The van der Waals surface area contributed by atoms with E-state index in [9.17, 15) is 13.6 Å². The van der Waals surface area contributed by atoms with Gasteiger partial charge in [-0.15, -0.1) is 0 Å². The lowest BCUT2D eigenvalue weighted by molar-refractivity contribution is 0.101. The van der Waals surface area contributed by atoms with Crippen LogP contribution in [0.4, 0.5) is 14.6 Å². The van der Waals surface area contributed by atoms with Gasteiger partial charge in [-0.3, -0.25) is 4.79 Å². The molecule has 0 radical (unpaired) electrons. The molecule has 18 heavy (non-hydrogen) atoms. The van der Waals surface area contributed by atoms with Crippen LogP contribution in [0.2, 0.25) is 0 Å². The van der Waals surface area contributed by atoms with Crippen molar-refractivity contribution in [2.45, 2.75) is 0 Å². The van der Waals surface area contributed by atoms with E-state index >= 15 is 0 Å². The number of carbonyl (C=O) groups excluding carboxylic acids is 1. The third-order valence-electron chi connectivity index (χ3n) is 2.16. The van der Waals surface area contributed by atoms with Crippen LogP contribution < -0.4 is 5.32 Å². The van der Waals surface area contributed by atoms with Crippen LogP contribution in [0, 0.1) is 15.2 Å². The molecule has 0 aliphatic carbocycles. The molecule has 0 saturated carbocycles. The van der Waals surface area contributed by atoms with Crippen molar-refractivity contribution in [2.75, 3.05) is 5.32 Å². The Bertz CT molecular complexity index is 567. The summed E-state index contributed by atoms with van der Waals surface area (Å²) in [5, 5.41) is 2.33. The number of carbonyl (C=O) groups is 1. The number of nitrogens with one attached hydrogen (secondary N) is 1. The smallest absolute Gasteiger partial charge is 0.262 e. The zero-order chi connectivity index (χ0) is 13.1. The van der Waals surface area contributed by atoms with Gasteiger partial charge in [0, 0.05) is 9.77 Å². The molecular formula is C12H7F2IN2O. The third kappa shape index (κ3) is 2.81. The molecule has 0 aliphatic rings. The summed E-state index contributed by atoms with van der Waals surface area (Å²) < 4.78 is 27.6. The molecule has 0 bridgehead atoms. The number of nitrogens with zero attached hydrogens (tertiary/aromatic N) is 1. The first-order valence-corrected chi connectivity index (χ1v) is 6.03. The van der Waals surface area contributed by atoms with Crippen molar-refractivity contribution in [3.63, 3.8) is 0 Å². The number of pyridine rings is 1. The fraction of sp³-hybridized carbons (Fsp3) is 0. The van der Waals surface area contributed by atoms with E-state index in [0.29, 0.717) is 0 Å². The predicted molar refractivity (Wildman–Crippen MR) is 71.3 cm³/mol. The average molecular weight is 360 g/mol. The van der Waals surface area contributed by atoms with Crippen LogP contribution >= 0.6 is 22.6 Å². The molecule has 92 valence electrons. The van der Waals surface area contributed by atoms with Gasteiger partial charge in [-0.1, -0.05) is 6.07 Å². The summed E-state index contributed by atoms with van der Waals surface area (Å²) in [6.07, 6.45) is 1.54. The quantitative estimate of drug-likeness (QED) is 0.836. The van der Waals surface area contributed by atoms with Crippen LogP contribution in [0.1, 0.15) is 10.4 Å². The second-order valence-corrected chi connectivity index (χ2v) is 4.66. The fourth-order valence-electron chi connectivity index (χ4n) is 1.34. The highest BCUT2D eigenvalue weighted by molar-refractivity contribution is 14.1. The molecular weight excluding hydrogens is 353 g/mol. The number of halogens is 3. The summed E-state index contributed by atoms with van der Waals surface area (Å²) in [6.45, 7) is 0. The van der Waals surface area contributed by atoms with Gasteiger partial charge < -0.3 is 5.32 Å². The number of anilines is 1. The van der Waals surface area contributed by atoms with Crippen molar-refractivity contribution in [1.29, 1.82) is 0 Å². The Morgan fingerprint density at radius 2 is 1.83 bits per heavy atom. The van der Waals surface area contributed by atoms with Gasteiger partial charge in [0.05, 0.1) is 0 Å². The van der Waals surface area contributed by atoms with Gasteiger partial charge in [0.25, 0.3) is 5.91 Å². The standard InChI is InChI=1S/C12H7F2IN2O/c13-8-2-1-3-9(14)11(8)12(18)17-10-5-4-7(15)6-16-10/h1-6H,(H,16,17,18). The Morgan fingerprint density at radius 1 is 1.17 bits per heavy atom. The van der Waals surface area contributed by atoms with Gasteiger partial charge in [-0.25, -0.2) is 13.8 Å². The number of rotatable bonds is 2. The zero-order valence-corrected chi connectivity index (χ0v) is 11.1. The second-order valence-electron chi connectivity index (χ2n) is 3.41. The van der Waals surface area contributed by atoms with Crippen LogP contribution in [-0.2, 0) is 0 Å². The zero-order valence-electron chi connectivity index (χ0n) is 8.95. The van der Waals surface area contributed by atoms with Gasteiger partial charge in [-0.05, 0) is 46.9 Å². The number of amides is 1. The molecule has 1 heterocycles. The number of aromatic nitrogens is 1. The highest BCUT2D eigenvalue weighted by Gasteiger charge is 2.17. The highest BCUT2D eigenvalue weighted by Crippen LogP contribution is 2.14. The molecule has 0 unspecified atom stereocenters. The van der Waals surface area contributed by atoms with Gasteiger partial charge >= 0.3 is 0 Å². The molecule has 0 fully saturated rings. The second kappa shape index (κ2) is 5.38. The Labute approximate surface area is 115 Å². The van der Waals surface area contributed by atoms with Crippen LogP contribution in [0.3, 0.4) is 0 Å². The lowest BCUT2D eigenvalue weighted by atomic mass is 10.2. The molecule has 0 saturated heterocycles. The first kappa shape index (κ1) is 12.9. The van der Waals surface area contributed by atoms with Crippen LogP contribution in [-0.4, -0.2) is 10.9 Å². The maximum Gasteiger partial charge on any atom is 0.262 e.